The van der Waals surface area contributed by atoms with Gasteiger partial charge in [0.1, 0.15) is 6.33 Å². The molecule has 1 amide bonds. The summed E-state index contributed by atoms with van der Waals surface area (Å²) in [6.45, 7) is 7.31. The van der Waals surface area contributed by atoms with Gasteiger partial charge in [-0.3, -0.25) is 4.79 Å². The molecule has 1 aliphatic rings. The van der Waals surface area contributed by atoms with Gasteiger partial charge in [0.05, 0.1) is 11.9 Å². The first-order valence-corrected chi connectivity index (χ1v) is 7.95. The van der Waals surface area contributed by atoms with Crippen molar-refractivity contribution in [3.63, 3.8) is 0 Å². The first-order chi connectivity index (χ1) is 9.49. The van der Waals surface area contributed by atoms with E-state index in [9.17, 15) is 9.90 Å². The SMILES string of the molecule is CC(O)C1CCN(C(=O)CSc2nncn2C(C)C)C1. The summed E-state index contributed by atoms with van der Waals surface area (Å²) >= 11 is 1.42. The zero-order valence-electron chi connectivity index (χ0n) is 12.2. The van der Waals surface area contributed by atoms with Crippen LogP contribution in [0.2, 0.25) is 0 Å². The number of aromatic nitrogens is 3. The van der Waals surface area contributed by atoms with E-state index in [-0.39, 0.29) is 24.0 Å². The van der Waals surface area contributed by atoms with Gasteiger partial charge >= 0.3 is 0 Å². The molecule has 0 aliphatic carbocycles. The summed E-state index contributed by atoms with van der Waals surface area (Å²) in [5.74, 6) is 0.692. The summed E-state index contributed by atoms with van der Waals surface area (Å²) in [6.07, 6.45) is 2.23. The summed E-state index contributed by atoms with van der Waals surface area (Å²) in [7, 11) is 0. The first kappa shape index (κ1) is 15.3. The Morgan fingerprint density at radius 3 is 2.90 bits per heavy atom. The van der Waals surface area contributed by atoms with Crippen molar-refractivity contribution in [1.29, 1.82) is 0 Å². The van der Waals surface area contributed by atoms with Gasteiger partial charge in [0.25, 0.3) is 0 Å². The van der Waals surface area contributed by atoms with Crippen LogP contribution in [-0.4, -0.2) is 55.6 Å². The van der Waals surface area contributed by atoms with Crippen molar-refractivity contribution in [3.8, 4) is 0 Å². The van der Waals surface area contributed by atoms with Crippen molar-refractivity contribution in [1.82, 2.24) is 19.7 Å². The molecule has 0 saturated carbocycles. The van der Waals surface area contributed by atoms with E-state index in [0.29, 0.717) is 12.3 Å². The molecule has 6 nitrogen and oxygen atoms in total. The van der Waals surface area contributed by atoms with Gasteiger partial charge in [0, 0.05) is 25.0 Å². The summed E-state index contributed by atoms with van der Waals surface area (Å²) in [4.78, 5) is 14.0. The van der Waals surface area contributed by atoms with Gasteiger partial charge in [-0.05, 0) is 27.2 Å². The predicted molar refractivity (Wildman–Crippen MR) is 77.5 cm³/mol. The Morgan fingerprint density at radius 2 is 2.30 bits per heavy atom. The fourth-order valence-corrected chi connectivity index (χ4v) is 3.26. The Kier molecular flexibility index (Phi) is 5.04. The molecule has 112 valence electrons. The minimum Gasteiger partial charge on any atom is -0.393 e. The Balaban J connectivity index is 1.85. The van der Waals surface area contributed by atoms with Gasteiger partial charge in [-0.15, -0.1) is 10.2 Å². The lowest BCUT2D eigenvalue weighted by Crippen LogP contribution is -2.31. The third-order valence-corrected chi connectivity index (χ3v) is 4.62. The normalized spacial score (nSPS) is 20.6. The molecule has 0 radical (unpaired) electrons. The van der Waals surface area contributed by atoms with Gasteiger partial charge in [0.15, 0.2) is 5.16 Å². The Morgan fingerprint density at radius 1 is 1.55 bits per heavy atom. The maximum absolute atomic E-state index is 12.2. The second-order valence-electron chi connectivity index (χ2n) is 5.53. The van der Waals surface area contributed by atoms with E-state index in [1.807, 2.05) is 9.47 Å². The van der Waals surface area contributed by atoms with Crippen LogP contribution < -0.4 is 0 Å². The monoisotopic (exact) mass is 298 g/mol. The van der Waals surface area contributed by atoms with Crippen molar-refractivity contribution < 1.29 is 9.90 Å². The Hall–Kier alpha value is -1.08. The zero-order valence-corrected chi connectivity index (χ0v) is 13.0. The van der Waals surface area contributed by atoms with Crippen molar-refractivity contribution in [2.75, 3.05) is 18.8 Å². The number of amides is 1. The quantitative estimate of drug-likeness (QED) is 0.827. The minimum atomic E-state index is -0.343. The fourth-order valence-electron chi connectivity index (χ4n) is 2.31. The number of nitrogens with zero attached hydrogens (tertiary/aromatic N) is 4. The molecule has 1 fully saturated rings. The number of thioether (sulfide) groups is 1. The highest BCUT2D eigenvalue weighted by molar-refractivity contribution is 7.99. The molecule has 2 atom stereocenters. The fraction of sp³-hybridized carbons (Fsp3) is 0.769. The molecule has 0 bridgehead atoms. The minimum absolute atomic E-state index is 0.108. The number of rotatable bonds is 5. The van der Waals surface area contributed by atoms with Gasteiger partial charge in [-0.25, -0.2) is 0 Å². The van der Waals surface area contributed by atoms with Gasteiger partial charge in [-0.1, -0.05) is 11.8 Å². The van der Waals surface area contributed by atoms with Gasteiger partial charge in [-0.2, -0.15) is 0 Å². The highest BCUT2D eigenvalue weighted by Gasteiger charge is 2.29. The number of hydrogen-bond donors (Lipinski definition) is 1. The highest BCUT2D eigenvalue weighted by Crippen LogP contribution is 2.23. The number of carbonyl (C=O) groups is 1. The topological polar surface area (TPSA) is 71.2 Å². The van der Waals surface area contributed by atoms with E-state index in [0.717, 1.165) is 18.1 Å². The molecule has 2 unspecified atom stereocenters. The number of aliphatic hydroxyl groups excluding tert-OH is 1. The maximum atomic E-state index is 12.2. The molecule has 0 spiro atoms. The van der Waals surface area contributed by atoms with E-state index >= 15 is 0 Å². The maximum Gasteiger partial charge on any atom is 0.233 e. The number of carbonyl (C=O) groups excluding carboxylic acids is 1. The third kappa shape index (κ3) is 3.52. The Labute approximate surface area is 123 Å². The average molecular weight is 298 g/mol. The number of likely N-dealkylation sites (tertiary alicyclic amines) is 1. The Bertz CT molecular complexity index is 461. The molecule has 1 aromatic rings. The van der Waals surface area contributed by atoms with E-state index < -0.39 is 0 Å². The zero-order chi connectivity index (χ0) is 14.7. The van der Waals surface area contributed by atoms with Crippen LogP contribution in [0.3, 0.4) is 0 Å². The molecule has 1 aliphatic heterocycles. The lowest BCUT2D eigenvalue weighted by molar-refractivity contribution is -0.127. The highest BCUT2D eigenvalue weighted by atomic mass is 32.2. The smallest absolute Gasteiger partial charge is 0.233 e. The average Bonchev–Trinajstić information content (AvgIpc) is 3.04. The molecule has 1 saturated heterocycles. The lowest BCUT2D eigenvalue weighted by atomic mass is 10.0. The molecule has 7 heteroatoms. The predicted octanol–water partition coefficient (Wildman–Crippen LogP) is 1.18. The van der Waals surface area contributed by atoms with Crippen molar-refractivity contribution in [2.24, 2.45) is 5.92 Å². The van der Waals surface area contributed by atoms with Crippen LogP contribution >= 0.6 is 11.8 Å². The van der Waals surface area contributed by atoms with Crippen molar-refractivity contribution >= 4 is 17.7 Å². The standard InChI is InChI=1S/C13H22N4O2S/c1-9(2)17-8-14-15-13(17)20-7-12(19)16-5-4-11(6-16)10(3)18/h8-11,18H,4-7H2,1-3H3. The molecular formula is C13H22N4O2S. The van der Waals surface area contributed by atoms with Crippen LogP contribution in [0.5, 0.6) is 0 Å². The molecule has 1 N–H and O–H groups in total. The molecule has 1 aromatic heterocycles. The lowest BCUT2D eigenvalue weighted by Gasteiger charge is -2.17. The largest absolute Gasteiger partial charge is 0.393 e. The van der Waals surface area contributed by atoms with Crippen LogP contribution in [0.1, 0.15) is 33.2 Å². The molecule has 2 heterocycles. The van der Waals surface area contributed by atoms with Crippen LogP contribution in [0, 0.1) is 5.92 Å². The van der Waals surface area contributed by atoms with E-state index in [4.69, 9.17) is 0 Å². The van der Waals surface area contributed by atoms with Crippen molar-refractivity contribution in [3.05, 3.63) is 6.33 Å². The number of hydrogen-bond acceptors (Lipinski definition) is 5. The van der Waals surface area contributed by atoms with Crippen LogP contribution in [0.4, 0.5) is 0 Å². The van der Waals surface area contributed by atoms with Crippen LogP contribution in [0.15, 0.2) is 11.5 Å². The van der Waals surface area contributed by atoms with Gasteiger partial charge < -0.3 is 14.6 Å². The van der Waals surface area contributed by atoms with Gasteiger partial charge in [0.2, 0.25) is 5.91 Å². The second-order valence-corrected chi connectivity index (χ2v) is 6.47. The van der Waals surface area contributed by atoms with Crippen molar-refractivity contribution in [2.45, 2.75) is 44.5 Å². The molecule has 0 aromatic carbocycles. The molecular weight excluding hydrogens is 276 g/mol. The van der Waals surface area contributed by atoms with E-state index in [1.165, 1.54) is 11.8 Å². The number of aliphatic hydroxyl groups is 1. The second kappa shape index (κ2) is 6.58. The summed E-state index contributed by atoms with van der Waals surface area (Å²) < 4.78 is 1.96. The first-order valence-electron chi connectivity index (χ1n) is 6.97. The molecule has 2 rings (SSSR count). The van der Waals surface area contributed by atoms with Crippen LogP contribution in [-0.2, 0) is 4.79 Å². The van der Waals surface area contributed by atoms with E-state index in [1.54, 1.807) is 13.3 Å². The summed E-state index contributed by atoms with van der Waals surface area (Å²) in [5.41, 5.74) is 0. The third-order valence-electron chi connectivity index (χ3n) is 3.68. The van der Waals surface area contributed by atoms with Crippen LogP contribution in [0.25, 0.3) is 0 Å². The summed E-state index contributed by atoms with van der Waals surface area (Å²) in [5, 5.41) is 18.3. The molecule has 20 heavy (non-hydrogen) atoms. The summed E-state index contributed by atoms with van der Waals surface area (Å²) in [6, 6.07) is 0.286. The van der Waals surface area contributed by atoms with E-state index in [2.05, 4.69) is 24.0 Å².